The first-order chi connectivity index (χ1) is 12.8. The van der Waals surface area contributed by atoms with Crippen LogP contribution in [0.5, 0.6) is 0 Å². The number of fused-ring (bicyclic) bond motifs is 1. The molecule has 1 fully saturated rings. The lowest BCUT2D eigenvalue weighted by atomic mass is 9.88. The lowest BCUT2D eigenvalue weighted by molar-refractivity contribution is -0.133. The summed E-state index contributed by atoms with van der Waals surface area (Å²) in [6, 6.07) is 19.2. The number of rotatable bonds is 3. The summed E-state index contributed by atoms with van der Waals surface area (Å²) in [6.45, 7) is 5.20. The van der Waals surface area contributed by atoms with E-state index in [0.29, 0.717) is 6.54 Å². The van der Waals surface area contributed by atoms with Crippen molar-refractivity contribution in [2.24, 2.45) is 0 Å². The number of nitrogens with zero attached hydrogens (tertiary/aromatic N) is 2. The third-order valence-electron chi connectivity index (χ3n) is 5.50. The van der Waals surface area contributed by atoms with Crippen LogP contribution in [0.2, 0.25) is 0 Å². The first-order valence-electron chi connectivity index (χ1n) is 9.52. The molecule has 136 valence electrons. The zero-order valence-corrected chi connectivity index (χ0v) is 15.1. The highest BCUT2D eigenvalue weighted by Gasteiger charge is 2.27. The Balaban J connectivity index is 1.56. The fourth-order valence-corrected chi connectivity index (χ4v) is 4.01. The Kier molecular flexibility index (Phi) is 5.32. The predicted molar refractivity (Wildman–Crippen MR) is 102 cm³/mol. The van der Waals surface area contributed by atoms with Crippen molar-refractivity contribution in [2.75, 3.05) is 45.9 Å². The van der Waals surface area contributed by atoms with Crippen LogP contribution in [-0.4, -0.2) is 61.6 Å². The summed E-state index contributed by atoms with van der Waals surface area (Å²) in [7, 11) is 0. The van der Waals surface area contributed by atoms with Gasteiger partial charge in [-0.3, -0.25) is 9.69 Å². The Labute approximate surface area is 155 Å². The van der Waals surface area contributed by atoms with E-state index in [4.69, 9.17) is 4.74 Å². The van der Waals surface area contributed by atoms with Crippen LogP contribution in [0.3, 0.4) is 0 Å². The molecule has 0 radical (unpaired) electrons. The fraction of sp³-hybridized carbons (Fsp3) is 0.409. The lowest BCUT2D eigenvalue weighted by Crippen LogP contribution is -2.45. The highest BCUT2D eigenvalue weighted by atomic mass is 16.5. The Morgan fingerprint density at radius 3 is 2.50 bits per heavy atom. The molecule has 0 aromatic heterocycles. The molecule has 2 aliphatic heterocycles. The van der Waals surface area contributed by atoms with E-state index in [1.807, 2.05) is 6.07 Å². The number of morpholine rings is 1. The second kappa shape index (κ2) is 8.02. The van der Waals surface area contributed by atoms with Gasteiger partial charge < -0.3 is 9.64 Å². The molecule has 4 nitrogen and oxygen atoms in total. The lowest BCUT2D eigenvalue weighted by Gasteiger charge is -2.30. The number of amides is 1. The summed E-state index contributed by atoms with van der Waals surface area (Å²) in [4.78, 5) is 17.3. The molecule has 0 bridgehead atoms. The van der Waals surface area contributed by atoms with Crippen molar-refractivity contribution >= 4 is 5.91 Å². The molecule has 0 saturated carbocycles. The minimum atomic E-state index is 0.237. The maximum Gasteiger partial charge on any atom is 0.236 e. The first-order valence-corrected chi connectivity index (χ1v) is 9.52. The van der Waals surface area contributed by atoms with Gasteiger partial charge in [0.25, 0.3) is 0 Å². The quantitative estimate of drug-likeness (QED) is 0.853. The smallest absolute Gasteiger partial charge is 0.236 e. The summed E-state index contributed by atoms with van der Waals surface area (Å²) >= 11 is 0. The average molecular weight is 350 g/mol. The summed E-state index contributed by atoms with van der Waals surface area (Å²) in [5.74, 6) is 0.476. The molecule has 26 heavy (non-hydrogen) atoms. The molecular weight excluding hydrogens is 324 g/mol. The van der Waals surface area contributed by atoms with E-state index in [9.17, 15) is 4.79 Å². The van der Waals surface area contributed by atoms with Gasteiger partial charge in [-0.05, 0) is 23.1 Å². The van der Waals surface area contributed by atoms with Crippen molar-refractivity contribution < 1.29 is 9.53 Å². The summed E-state index contributed by atoms with van der Waals surface area (Å²) in [5, 5.41) is 0. The van der Waals surface area contributed by atoms with Crippen LogP contribution in [0.1, 0.15) is 22.6 Å². The van der Waals surface area contributed by atoms with Gasteiger partial charge in [-0.2, -0.15) is 0 Å². The Bertz CT molecular complexity index is 741. The van der Waals surface area contributed by atoms with Gasteiger partial charge in [0.2, 0.25) is 5.91 Å². The number of hydrogen-bond acceptors (Lipinski definition) is 3. The highest BCUT2D eigenvalue weighted by Crippen LogP contribution is 2.31. The predicted octanol–water partition coefficient (Wildman–Crippen LogP) is 2.54. The van der Waals surface area contributed by atoms with Crippen molar-refractivity contribution in [2.45, 2.75) is 12.3 Å². The third kappa shape index (κ3) is 3.81. The average Bonchev–Trinajstić information content (AvgIpc) is 2.89. The SMILES string of the molecule is O=C(CN1CCOCC1)N1CCc2ccccc2[C@@H](c2ccccc2)C1. The van der Waals surface area contributed by atoms with Crippen LogP contribution in [-0.2, 0) is 16.0 Å². The van der Waals surface area contributed by atoms with Crippen LogP contribution in [0.4, 0.5) is 0 Å². The molecule has 4 heteroatoms. The molecule has 0 N–H and O–H groups in total. The molecule has 0 unspecified atom stereocenters. The van der Waals surface area contributed by atoms with E-state index in [1.54, 1.807) is 0 Å². The Hall–Kier alpha value is -2.17. The standard InChI is InChI=1S/C22H26N2O2/c25-22(17-23-12-14-26-15-13-23)24-11-10-19-8-4-5-9-20(19)21(16-24)18-6-2-1-3-7-18/h1-9,21H,10-17H2/t21-/m1/s1. The van der Waals surface area contributed by atoms with Crippen molar-refractivity contribution in [3.63, 3.8) is 0 Å². The fourth-order valence-electron chi connectivity index (χ4n) is 4.01. The van der Waals surface area contributed by atoms with E-state index in [0.717, 1.165) is 45.8 Å². The molecule has 2 aliphatic rings. The van der Waals surface area contributed by atoms with E-state index < -0.39 is 0 Å². The number of carbonyl (C=O) groups is 1. The number of benzene rings is 2. The second-order valence-electron chi connectivity index (χ2n) is 7.14. The molecule has 0 aliphatic carbocycles. The van der Waals surface area contributed by atoms with Gasteiger partial charge in [0.1, 0.15) is 0 Å². The molecule has 2 aromatic carbocycles. The van der Waals surface area contributed by atoms with Crippen LogP contribution in [0.25, 0.3) is 0 Å². The minimum Gasteiger partial charge on any atom is -0.379 e. The van der Waals surface area contributed by atoms with Crippen molar-refractivity contribution in [1.29, 1.82) is 0 Å². The summed E-state index contributed by atoms with van der Waals surface area (Å²) in [5.41, 5.74) is 4.01. The van der Waals surface area contributed by atoms with Gasteiger partial charge in [0, 0.05) is 32.1 Å². The summed E-state index contributed by atoms with van der Waals surface area (Å²) in [6.07, 6.45) is 0.925. The van der Waals surface area contributed by atoms with Crippen molar-refractivity contribution in [3.05, 3.63) is 71.3 Å². The van der Waals surface area contributed by atoms with Gasteiger partial charge in [-0.15, -0.1) is 0 Å². The largest absolute Gasteiger partial charge is 0.379 e. The van der Waals surface area contributed by atoms with Gasteiger partial charge in [-0.1, -0.05) is 54.6 Å². The van der Waals surface area contributed by atoms with E-state index in [-0.39, 0.29) is 11.8 Å². The normalized spacial score (nSPS) is 21.1. The molecule has 1 amide bonds. The maximum absolute atomic E-state index is 13.0. The Morgan fingerprint density at radius 2 is 1.69 bits per heavy atom. The van der Waals surface area contributed by atoms with Gasteiger partial charge in [0.05, 0.1) is 19.8 Å². The second-order valence-corrected chi connectivity index (χ2v) is 7.14. The zero-order valence-electron chi connectivity index (χ0n) is 15.1. The number of ether oxygens (including phenoxy) is 1. The van der Waals surface area contributed by atoms with Crippen molar-refractivity contribution in [3.8, 4) is 0 Å². The van der Waals surface area contributed by atoms with Crippen LogP contribution >= 0.6 is 0 Å². The van der Waals surface area contributed by atoms with Crippen LogP contribution < -0.4 is 0 Å². The maximum atomic E-state index is 13.0. The number of hydrogen-bond donors (Lipinski definition) is 0. The molecule has 1 atom stereocenters. The van der Waals surface area contributed by atoms with Crippen molar-refractivity contribution in [1.82, 2.24) is 9.80 Å². The van der Waals surface area contributed by atoms with Gasteiger partial charge >= 0.3 is 0 Å². The van der Waals surface area contributed by atoms with Gasteiger partial charge in [-0.25, -0.2) is 0 Å². The molecule has 0 spiro atoms. The number of carbonyl (C=O) groups excluding carboxylic acids is 1. The molecule has 4 rings (SSSR count). The highest BCUT2D eigenvalue weighted by molar-refractivity contribution is 5.78. The minimum absolute atomic E-state index is 0.237. The first kappa shape index (κ1) is 17.3. The third-order valence-corrected chi connectivity index (χ3v) is 5.50. The molecule has 1 saturated heterocycles. The van der Waals surface area contributed by atoms with E-state index >= 15 is 0 Å². The Morgan fingerprint density at radius 1 is 0.962 bits per heavy atom. The van der Waals surface area contributed by atoms with E-state index in [2.05, 4.69) is 58.3 Å². The van der Waals surface area contributed by atoms with Crippen LogP contribution in [0.15, 0.2) is 54.6 Å². The van der Waals surface area contributed by atoms with Crippen LogP contribution in [0, 0.1) is 0 Å². The zero-order chi connectivity index (χ0) is 17.8. The van der Waals surface area contributed by atoms with Gasteiger partial charge in [0.15, 0.2) is 0 Å². The molecule has 2 aromatic rings. The monoisotopic (exact) mass is 350 g/mol. The summed E-state index contributed by atoms with van der Waals surface area (Å²) < 4.78 is 5.40. The molecular formula is C22H26N2O2. The van der Waals surface area contributed by atoms with E-state index in [1.165, 1.54) is 16.7 Å². The topological polar surface area (TPSA) is 32.8 Å². The molecule has 2 heterocycles.